The fourth-order valence-electron chi connectivity index (χ4n) is 5.40. The first kappa shape index (κ1) is 23.7. The summed E-state index contributed by atoms with van der Waals surface area (Å²) < 4.78 is 1.45. The third-order valence-corrected chi connectivity index (χ3v) is 7.13. The molecule has 3 aliphatic carbocycles. The van der Waals surface area contributed by atoms with Gasteiger partial charge >= 0.3 is 0 Å². The van der Waals surface area contributed by atoms with Crippen molar-refractivity contribution in [2.24, 2.45) is 10.8 Å². The van der Waals surface area contributed by atoms with Crippen molar-refractivity contribution in [2.75, 3.05) is 12.3 Å². The van der Waals surface area contributed by atoms with Crippen molar-refractivity contribution in [3.63, 3.8) is 0 Å². The van der Waals surface area contributed by atoms with Gasteiger partial charge in [0.1, 0.15) is 28.8 Å². The molecule has 3 fully saturated rings. The molecule has 3 aliphatic rings. The Kier molecular flexibility index (Phi) is 5.62. The molecule has 5 rings (SSSR count). The number of rotatable bonds is 7. The molecule has 1 heterocycles. The summed E-state index contributed by atoms with van der Waals surface area (Å²) in [4.78, 5) is 24.6. The highest BCUT2D eigenvalue weighted by atomic mass is 16.3. The molecular weight excluding hydrogens is 432 g/mol. The van der Waals surface area contributed by atoms with Gasteiger partial charge in [-0.15, -0.1) is 0 Å². The second kappa shape index (κ2) is 8.08. The van der Waals surface area contributed by atoms with Gasteiger partial charge in [-0.1, -0.05) is 31.2 Å². The van der Waals surface area contributed by atoms with E-state index in [1.54, 1.807) is 38.1 Å². The van der Waals surface area contributed by atoms with Crippen LogP contribution in [-0.4, -0.2) is 33.3 Å². The van der Waals surface area contributed by atoms with E-state index < -0.39 is 17.4 Å². The Labute approximate surface area is 198 Å². The standard InChI is InChI=1S/C25H30N6O3/c1-23(2,14-32)31-22(28)17(10-26)21(30-31)16-6-4-15(5-7-16)8-19(33)29-20(34)9-18(27)25-11-24(3,12-25)13-25/h4-7,9,32H,8,11-14,27-28H2,1-3H3,(H,29,33,34)/p+1/b18-9-. The number of amides is 2. The normalized spacial score (nSPS) is 23.5. The number of hydrogen-bond acceptors (Lipinski definition) is 6. The molecule has 178 valence electrons. The maximum absolute atomic E-state index is 12.4. The van der Waals surface area contributed by atoms with Gasteiger partial charge in [0.05, 0.1) is 24.6 Å². The predicted molar refractivity (Wildman–Crippen MR) is 125 cm³/mol. The number of hydrogen-bond donors (Lipinski definition) is 4. The molecule has 0 aliphatic heterocycles. The molecule has 0 radical (unpaired) electrons. The van der Waals surface area contributed by atoms with Crippen molar-refractivity contribution < 1.29 is 20.4 Å². The van der Waals surface area contributed by atoms with Crippen LogP contribution in [0.4, 0.5) is 5.82 Å². The minimum Gasteiger partial charge on any atom is -0.394 e. The average molecular weight is 464 g/mol. The minimum atomic E-state index is -0.766. The molecule has 2 aromatic rings. The van der Waals surface area contributed by atoms with Gasteiger partial charge in [-0.05, 0) is 44.1 Å². The summed E-state index contributed by atoms with van der Waals surface area (Å²) in [6.45, 7) is 5.59. The molecule has 0 atom stereocenters. The van der Waals surface area contributed by atoms with E-state index >= 15 is 0 Å². The summed E-state index contributed by atoms with van der Waals surface area (Å²) >= 11 is 0. The van der Waals surface area contributed by atoms with Crippen LogP contribution in [0, 0.1) is 22.2 Å². The van der Waals surface area contributed by atoms with Gasteiger partial charge in [0.15, 0.2) is 0 Å². The molecule has 3 saturated carbocycles. The molecule has 34 heavy (non-hydrogen) atoms. The van der Waals surface area contributed by atoms with Crippen molar-refractivity contribution in [3.05, 3.63) is 47.2 Å². The number of nitrogen functional groups attached to an aromatic ring is 1. The maximum atomic E-state index is 12.4. The lowest BCUT2D eigenvalue weighted by Gasteiger charge is -2.68. The molecule has 0 saturated heterocycles. The number of imide groups is 1. The van der Waals surface area contributed by atoms with E-state index in [1.165, 1.54) is 10.8 Å². The summed E-state index contributed by atoms with van der Waals surface area (Å²) in [5, 5.41) is 26.1. The van der Waals surface area contributed by atoms with Crippen LogP contribution in [0.3, 0.4) is 0 Å². The van der Waals surface area contributed by atoms with Crippen LogP contribution in [0.2, 0.25) is 0 Å². The van der Waals surface area contributed by atoms with E-state index in [0.717, 1.165) is 25.0 Å². The number of carbonyl (C=O) groups is 2. The SMILES string of the molecule is CC12CC(/C([NH3+])=C/C(=O)NC(=O)Cc3ccc(-c4nn(C(C)(C)CO)c(N)c4C#N)cc3)(C1)C2. The third kappa shape index (κ3) is 4.00. The van der Waals surface area contributed by atoms with E-state index in [2.05, 4.69) is 29.1 Å². The zero-order valence-corrected chi connectivity index (χ0v) is 19.8. The van der Waals surface area contributed by atoms with Gasteiger partial charge in [-0.3, -0.25) is 14.9 Å². The van der Waals surface area contributed by atoms with Gasteiger partial charge in [-0.25, -0.2) is 4.68 Å². The van der Waals surface area contributed by atoms with Gasteiger partial charge in [0.2, 0.25) is 5.91 Å². The number of aliphatic hydroxyl groups excluding tert-OH is 1. The Hall–Kier alpha value is -3.48. The molecule has 0 unspecified atom stereocenters. The van der Waals surface area contributed by atoms with Crippen LogP contribution < -0.4 is 16.8 Å². The fourth-order valence-corrected chi connectivity index (χ4v) is 5.40. The number of benzene rings is 1. The van der Waals surface area contributed by atoms with Crippen LogP contribution in [0.25, 0.3) is 11.3 Å². The number of allylic oxidation sites excluding steroid dienone is 1. The number of aromatic nitrogens is 2. The van der Waals surface area contributed by atoms with Crippen LogP contribution in [0.15, 0.2) is 36.0 Å². The highest BCUT2D eigenvalue weighted by Crippen LogP contribution is 2.74. The van der Waals surface area contributed by atoms with E-state index in [4.69, 9.17) is 5.73 Å². The van der Waals surface area contributed by atoms with E-state index in [1.807, 2.05) is 0 Å². The van der Waals surface area contributed by atoms with Gasteiger partial charge < -0.3 is 16.6 Å². The van der Waals surface area contributed by atoms with Gasteiger partial charge in [-0.2, -0.15) is 10.4 Å². The highest BCUT2D eigenvalue weighted by molar-refractivity contribution is 6.01. The monoisotopic (exact) mass is 463 g/mol. The first-order chi connectivity index (χ1) is 15.9. The lowest BCUT2D eigenvalue weighted by atomic mass is 9.35. The van der Waals surface area contributed by atoms with Crippen molar-refractivity contribution in [1.82, 2.24) is 15.1 Å². The smallest absolute Gasteiger partial charge is 0.256 e. The first-order valence-electron chi connectivity index (χ1n) is 11.3. The second-order valence-electron chi connectivity index (χ2n) is 10.7. The molecule has 2 amide bonds. The lowest BCUT2D eigenvalue weighted by molar-refractivity contribution is -0.367. The quantitative estimate of drug-likeness (QED) is 0.452. The first-order valence-corrected chi connectivity index (χ1v) is 11.3. The number of nitrogens with one attached hydrogen (secondary N) is 1. The summed E-state index contributed by atoms with van der Waals surface area (Å²) in [5.41, 5.74) is 12.7. The van der Waals surface area contributed by atoms with Crippen LogP contribution in [-0.2, 0) is 21.5 Å². The predicted octanol–water partition coefficient (Wildman–Crippen LogP) is 1.23. The van der Waals surface area contributed by atoms with Crippen molar-refractivity contribution in [1.29, 1.82) is 5.26 Å². The number of quaternary nitrogens is 1. The summed E-state index contributed by atoms with van der Waals surface area (Å²) in [6.07, 6.45) is 4.69. The third-order valence-electron chi connectivity index (χ3n) is 7.13. The lowest BCUT2D eigenvalue weighted by Crippen LogP contribution is -2.70. The molecule has 7 N–H and O–H groups in total. The van der Waals surface area contributed by atoms with E-state index in [0.29, 0.717) is 22.2 Å². The van der Waals surface area contributed by atoms with Crippen LogP contribution in [0.1, 0.15) is 51.2 Å². The average Bonchev–Trinajstić information content (AvgIpc) is 3.08. The topological polar surface area (TPSA) is 162 Å². The van der Waals surface area contributed by atoms with Crippen molar-refractivity contribution >= 4 is 17.6 Å². The maximum Gasteiger partial charge on any atom is 0.256 e. The Morgan fingerprint density at radius 1 is 1.32 bits per heavy atom. The molecular formula is C25H31N6O3+. The number of aliphatic hydroxyl groups is 1. The van der Waals surface area contributed by atoms with Crippen LogP contribution in [0.5, 0.6) is 0 Å². The largest absolute Gasteiger partial charge is 0.394 e. The van der Waals surface area contributed by atoms with Gasteiger partial charge in [0, 0.05) is 11.0 Å². The fraction of sp³-hybridized carbons (Fsp3) is 0.440. The number of nitriles is 1. The van der Waals surface area contributed by atoms with Crippen molar-refractivity contribution in [3.8, 4) is 17.3 Å². The zero-order chi connectivity index (χ0) is 24.9. The Morgan fingerprint density at radius 2 is 1.94 bits per heavy atom. The number of nitrogens with two attached hydrogens (primary N) is 1. The highest BCUT2D eigenvalue weighted by Gasteiger charge is 2.67. The Bertz CT molecular complexity index is 1210. The van der Waals surface area contributed by atoms with Crippen molar-refractivity contribution in [2.45, 2.75) is 52.0 Å². The van der Waals surface area contributed by atoms with E-state index in [9.17, 15) is 20.0 Å². The summed E-state index contributed by atoms with van der Waals surface area (Å²) in [5.74, 6) is -0.653. The summed E-state index contributed by atoms with van der Waals surface area (Å²) in [7, 11) is 0. The second-order valence-corrected chi connectivity index (χ2v) is 10.7. The Morgan fingerprint density at radius 3 is 2.47 bits per heavy atom. The zero-order valence-electron chi connectivity index (χ0n) is 19.8. The Balaban J connectivity index is 1.41. The minimum absolute atomic E-state index is 0.0365. The van der Waals surface area contributed by atoms with Gasteiger partial charge in [0.25, 0.3) is 5.91 Å². The molecule has 9 heteroatoms. The number of anilines is 1. The van der Waals surface area contributed by atoms with Crippen LogP contribution >= 0.6 is 0 Å². The molecule has 0 spiro atoms. The molecule has 2 bridgehead atoms. The van der Waals surface area contributed by atoms with E-state index in [-0.39, 0.29) is 29.8 Å². The molecule has 9 nitrogen and oxygen atoms in total. The number of carbonyl (C=O) groups excluding carboxylic acids is 2. The molecule has 1 aromatic carbocycles. The number of nitrogens with zero attached hydrogens (tertiary/aromatic N) is 3. The summed E-state index contributed by atoms with van der Waals surface area (Å²) in [6, 6.07) is 9.08. The molecule has 1 aromatic heterocycles.